The topological polar surface area (TPSA) is 74.6 Å². The number of carbonyl (C=O) groups is 2. The molecule has 2 N–H and O–H groups in total. The number of halogens is 1. The lowest BCUT2D eigenvalue weighted by molar-refractivity contribution is 0.0696. The first kappa shape index (κ1) is 19.7. The van der Waals surface area contributed by atoms with Gasteiger partial charge in [0.1, 0.15) is 0 Å². The minimum atomic E-state index is -1.11. The Balaban J connectivity index is 2.56. The third kappa shape index (κ3) is 7.16. The number of unbranched alkanes of at least 4 members (excludes halogenated alkanes) is 6. The minimum Gasteiger partial charge on any atom is -0.478 e. The average molecular weight is 385 g/mol. The number of rotatable bonds is 11. The lowest BCUT2D eigenvalue weighted by Gasteiger charge is -2.12. The smallest absolute Gasteiger partial charge is 0.335 e. The zero-order valence-corrected chi connectivity index (χ0v) is 15.1. The fraction of sp³-hybridized carbons (Fsp3) is 0.556. The summed E-state index contributed by atoms with van der Waals surface area (Å²) < 4.78 is 0. The molecule has 1 aromatic carbocycles. The van der Waals surface area contributed by atoms with E-state index in [2.05, 4.69) is 22.9 Å². The molecule has 0 aliphatic rings. The molecule has 0 saturated heterocycles. The molecule has 1 unspecified atom stereocenters. The lowest BCUT2D eigenvalue weighted by Crippen LogP contribution is -2.05. The van der Waals surface area contributed by atoms with Gasteiger partial charge in [-0.2, -0.15) is 0 Å². The second-order valence-corrected chi connectivity index (χ2v) is 6.94. The van der Waals surface area contributed by atoms with Crippen molar-refractivity contribution in [1.29, 1.82) is 0 Å². The van der Waals surface area contributed by atoms with Crippen LogP contribution in [0.1, 0.15) is 89.4 Å². The van der Waals surface area contributed by atoms with Gasteiger partial charge >= 0.3 is 11.9 Å². The predicted octanol–water partition coefficient (Wildman–Crippen LogP) is 5.66. The average Bonchev–Trinajstić information content (AvgIpc) is 2.53. The Labute approximate surface area is 146 Å². The first-order chi connectivity index (χ1) is 11.0. The molecule has 0 aliphatic carbocycles. The Hall–Kier alpha value is -1.36. The Morgan fingerprint density at radius 2 is 1.39 bits per heavy atom. The van der Waals surface area contributed by atoms with E-state index in [9.17, 15) is 9.59 Å². The molecule has 5 heteroatoms. The zero-order chi connectivity index (χ0) is 17.2. The second kappa shape index (κ2) is 10.4. The van der Waals surface area contributed by atoms with Crippen molar-refractivity contribution in [3.05, 3.63) is 34.9 Å². The third-order valence-corrected chi connectivity index (χ3v) is 4.86. The van der Waals surface area contributed by atoms with Crippen LogP contribution < -0.4 is 0 Å². The van der Waals surface area contributed by atoms with E-state index in [0.717, 1.165) is 19.3 Å². The normalized spacial score (nSPS) is 12.1. The third-order valence-electron chi connectivity index (χ3n) is 3.87. The van der Waals surface area contributed by atoms with Crippen LogP contribution in [0, 0.1) is 0 Å². The number of benzene rings is 1. The van der Waals surface area contributed by atoms with E-state index < -0.39 is 11.9 Å². The summed E-state index contributed by atoms with van der Waals surface area (Å²) in [4.78, 5) is 22.2. The summed E-state index contributed by atoms with van der Waals surface area (Å²) in [6.45, 7) is 2.20. The van der Waals surface area contributed by atoms with E-state index in [1.54, 1.807) is 12.1 Å². The van der Waals surface area contributed by atoms with Gasteiger partial charge in [0.05, 0.1) is 11.1 Å². The molecule has 128 valence electrons. The number of aromatic carboxylic acids is 2. The molecule has 0 bridgehead atoms. The Bertz CT molecular complexity index is 496. The Morgan fingerprint density at radius 3 is 1.87 bits per heavy atom. The van der Waals surface area contributed by atoms with Crippen LogP contribution in [-0.4, -0.2) is 22.2 Å². The van der Waals surface area contributed by atoms with Crippen LogP contribution in [0.2, 0.25) is 0 Å². The maximum absolute atomic E-state index is 11.1. The molecule has 0 saturated carbocycles. The molecule has 4 nitrogen and oxygen atoms in total. The highest BCUT2D eigenvalue weighted by Gasteiger charge is 2.15. The van der Waals surface area contributed by atoms with Crippen LogP contribution >= 0.6 is 15.9 Å². The molecule has 0 aliphatic heterocycles. The lowest BCUT2D eigenvalue weighted by atomic mass is 10.00. The van der Waals surface area contributed by atoms with Gasteiger partial charge in [0.15, 0.2) is 0 Å². The van der Waals surface area contributed by atoms with Gasteiger partial charge in [-0.25, -0.2) is 9.59 Å². The molecule has 0 amide bonds. The van der Waals surface area contributed by atoms with Crippen LogP contribution in [-0.2, 0) is 0 Å². The predicted molar refractivity (Wildman–Crippen MR) is 94.6 cm³/mol. The van der Waals surface area contributed by atoms with Gasteiger partial charge in [0.25, 0.3) is 0 Å². The maximum Gasteiger partial charge on any atom is 0.335 e. The van der Waals surface area contributed by atoms with Gasteiger partial charge < -0.3 is 10.2 Å². The molecule has 1 aromatic rings. The van der Waals surface area contributed by atoms with Gasteiger partial charge in [0, 0.05) is 4.83 Å². The summed E-state index contributed by atoms with van der Waals surface area (Å²) in [5.41, 5.74) is 0.751. The summed E-state index contributed by atoms with van der Waals surface area (Å²) in [6.07, 6.45) is 9.37. The number of hydrogen-bond acceptors (Lipinski definition) is 2. The quantitative estimate of drug-likeness (QED) is 0.381. The van der Waals surface area contributed by atoms with E-state index in [4.69, 9.17) is 10.2 Å². The van der Waals surface area contributed by atoms with E-state index >= 15 is 0 Å². The largest absolute Gasteiger partial charge is 0.478 e. The van der Waals surface area contributed by atoms with Crippen LogP contribution in [0.5, 0.6) is 0 Å². The summed E-state index contributed by atoms with van der Waals surface area (Å²) in [5.74, 6) is -2.21. The highest BCUT2D eigenvalue weighted by Crippen LogP contribution is 2.30. The molecular weight excluding hydrogens is 360 g/mol. The van der Waals surface area contributed by atoms with Gasteiger partial charge in [-0.05, 0) is 30.2 Å². The van der Waals surface area contributed by atoms with Crippen molar-refractivity contribution >= 4 is 27.9 Å². The molecule has 0 fully saturated rings. The number of alkyl halides is 1. The highest BCUT2D eigenvalue weighted by atomic mass is 79.9. The van der Waals surface area contributed by atoms with E-state index in [-0.39, 0.29) is 16.0 Å². The van der Waals surface area contributed by atoms with Crippen molar-refractivity contribution in [2.45, 2.75) is 63.1 Å². The molecule has 1 atom stereocenters. The molecule has 0 spiro atoms. The highest BCUT2D eigenvalue weighted by molar-refractivity contribution is 9.09. The Kier molecular flexibility index (Phi) is 8.92. The van der Waals surface area contributed by atoms with Crippen molar-refractivity contribution in [2.75, 3.05) is 0 Å². The van der Waals surface area contributed by atoms with Crippen LogP contribution in [0.15, 0.2) is 18.2 Å². The fourth-order valence-electron chi connectivity index (χ4n) is 2.53. The maximum atomic E-state index is 11.1. The van der Waals surface area contributed by atoms with Gasteiger partial charge in [-0.15, -0.1) is 0 Å². The first-order valence-corrected chi connectivity index (χ1v) is 9.13. The van der Waals surface area contributed by atoms with Crippen molar-refractivity contribution < 1.29 is 19.8 Å². The summed E-state index contributed by atoms with van der Waals surface area (Å²) in [5, 5.41) is 18.2. The second-order valence-electron chi connectivity index (χ2n) is 5.83. The summed E-state index contributed by atoms with van der Waals surface area (Å²) in [7, 11) is 0. The van der Waals surface area contributed by atoms with E-state index in [0.29, 0.717) is 5.56 Å². The SMILES string of the molecule is CCCCCCCCCC(Br)c1cc(C(=O)O)cc(C(=O)O)c1. The Morgan fingerprint density at radius 1 is 0.913 bits per heavy atom. The van der Waals surface area contributed by atoms with Crippen molar-refractivity contribution in [3.8, 4) is 0 Å². The fourth-order valence-corrected chi connectivity index (χ4v) is 3.11. The van der Waals surface area contributed by atoms with Crippen LogP contribution in [0.3, 0.4) is 0 Å². The van der Waals surface area contributed by atoms with E-state index in [1.807, 2.05) is 0 Å². The zero-order valence-electron chi connectivity index (χ0n) is 13.6. The monoisotopic (exact) mass is 384 g/mol. The van der Waals surface area contributed by atoms with E-state index in [1.165, 1.54) is 38.2 Å². The first-order valence-electron chi connectivity index (χ1n) is 8.21. The molecule has 23 heavy (non-hydrogen) atoms. The molecule has 0 radical (unpaired) electrons. The van der Waals surface area contributed by atoms with Crippen LogP contribution in [0.4, 0.5) is 0 Å². The van der Waals surface area contributed by atoms with Gasteiger partial charge in [0.2, 0.25) is 0 Å². The molecule has 0 heterocycles. The van der Waals surface area contributed by atoms with Gasteiger partial charge in [-0.3, -0.25) is 0 Å². The van der Waals surface area contributed by atoms with Crippen molar-refractivity contribution in [1.82, 2.24) is 0 Å². The minimum absolute atomic E-state index is 0.0175. The van der Waals surface area contributed by atoms with Crippen molar-refractivity contribution in [3.63, 3.8) is 0 Å². The number of carboxylic acids is 2. The van der Waals surface area contributed by atoms with Crippen molar-refractivity contribution in [2.24, 2.45) is 0 Å². The van der Waals surface area contributed by atoms with Crippen LogP contribution in [0.25, 0.3) is 0 Å². The summed E-state index contributed by atoms with van der Waals surface area (Å²) in [6, 6.07) is 4.30. The number of hydrogen-bond donors (Lipinski definition) is 2. The molecular formula is C18H25BrO4. The number of carboxylic acid groups (broad SMARTS) is 2. The molecule has 0 aromatic heterocycles. The molecule has 1 rings (SSSR count). The standard InChI is InChI=1S/C18H25BrO4/c1-2-3-4-5-6-7-8-9-16(19)13-10-14(17(20)21)12-15(11-13)18(22)23/h10-12,16H,2-9H2,1H3,(H,20,21)(H,22,23). The van der Waals surface area contributed by atoms with Gasteiger partial charge in [-0.1, -0.05) is 67.8 Å². The summed E-state index contributed by atoms with van der Waals surface area (Å²) >= 11 is 3.56.